The molecule has 3 aromatic rings. The van der Waals surface area contributed by atoms with E-state index in [1.807, 2.05) is 30.3 Å². The zero-order chi connectivity index (χ0) is 22.1. The number of nitrogens with zero attached hydrogens (tertiary/aromatic N) is 3. The molecule has 0 aliphatic heterocycles. The minimum absolute atomic E-state index is 0.0868. The molecule has 0 unspecified atom stereocenters. The molecule has 0 fully saturated rings. The number of hydrogen-bond acceptors (Lipinski definition) is 4. The maximum atomic E-state index is 12.2. The van der Waals surface area contributed by atoms with Crippen molar-refractivity contribution in [2.45, 2.75) is 25.9 Å². The highest BCUT2D eigenvalue weighted by Gasteiger charge is 2.07. The van der Waals surface area contributed by atoms with E-state index >= 15 is 0 Å². The SMILES string of the molecule is CN(CCCNC(=O)CCn1nc(-c2ccc(Cl)cc2)ccc1=O)Cc1ccccc1. The Bertz CT molecular complexity index is 1040. The molecule has 0 atom stereocenters. The van der Waals surface area contributed by atoms with E-state index in [0.717, 1.165) is 25.1 Å². The van der Waals surface area contributed by atoms with Gasteiger partial charge in [0.2, 0.25) is 5.91 Å². The van der Waals surface area contributed by atoms with Crippen molar-refractivity contribution in [2.24, 2.45) is 0 Å². The van der Waals surface area contributed by atoms with Crippen LogP contribution in [0, 0.1) is 0 Å². The molecule has 162 valence electrons. The number of nitrogens with one attached hydrogen (secondary N) is 1. The fourth-order valence-corrected chi connectivity index (χ4v) is 3.36. The highest BCUT2D eigenvalue weighted by atomic mass is 35.5. The molecule has 1 aromatic heterocycles. The zero-order valence-corrected chi connectivity index (χ0v) is 18.4. The lowest BCUT2D eigenvalue weighted by molar-refractivity contribution is -0.121. The van der Waals surface area contributed by atoms with Gasteiger partial charge in [0, 0.05) is 36.2 Å². The monoisotopic (exact) mass is 438 g/mol. The predicted molar refractivity (Wildman–Crippen MR) is 124 cm³/mol. The summed E-state index contributed by atoms with van der Waals surface area (Å²) in [7, 11) is 2.07. The van der Waals surface area contributed by atoms with Crippen LogP contribution in [0.1, 0.15) is 18.4 Å². The Kier molecular flexibility index (Phi) is 8.38. The van der Waals surface area contributed by atoms with Crippen molar-refractivity contribution in [3.63, 3.8) is 0 Å². The molecule has 0 saturated carbocycles. The summed E-state index contributed by atoms with van der Waals surface area (Å²) in [6.07, 6.45) is 1.07. The van der Waals surface area contributed by atoms with Crippen molar-refractivity contribution in [3.05, 3.63) is 87.7 Å². The molecular formula is C24H27ClN4O2. The van der Waals surface area contributed by atoms with Crippen molar-refractivity contribution in [1.82, 2.24) is 20.0 Å². The van der Waals surface area contributed by atoms with Gasteiger partial charge in [-0.2, -0.15) is 5.10 Å². The Labute approximate surface area is 187 Å². The smallest absolute Gasteiger partial charge is 0.266 e. The second-order valence-electron chi connectivity index (χ2n) is 7.46. The average Bonchev–Trinajstić information content (AvgIpc) is 2.77. The first-order valence-electron chi connectivity index (χ1n) is 10.3. The Morgan fingerprint density at radius 3 is 2.55 bits per heavy atom. The van der Waals surface area contributed by atoms with Gasteiger partial charge in [0.05, 0.1) is 12.2 Å². The second-order valence-corrected chi connectivity index (χ2v) is 7.90. The quantitative estimate of drug-likeness (QED) is 0.491. The molecule has 0 saturated heterocycles. The predicted octanol–water partition coefficient (Wildman–Crippen LogP) is 3.59. The van der Waals surface area contributed by atoms with Crippen LogP contribution in [0.25, 0.3) is 11.3 Å². The van der Waals surface area contributed by atoms with Gasteiger partial charge in [0.25, 0.3) is 5.56 Å². The van der Waals surface area contributed by atoms with Crippen molar-refractivity contribution in [3.8, 4) is 11.3 Å². The van der Waals surface area contributed by atoms with Gasteiger partial charge in [-0.25, -0.2) is 4.68 Å². The van der Waals surface area contributed by atoms with Gasteiger partial charge >= 0.3 is 0 Å². The number of carbonyl (C=O) groups is 1. The Balaban J connectivity index is 1.41. The molecular weight excluding hydrogens is 412 g/mol. The van der Waals surface area contributed by atoms with Crippen LogP contribution in [0.5, 0.6) is 0 Å². The molecule has 0 radical (unpaired) electrons. The third-order valence-corrected chi connectivity index (χ3v) is 5.14. The number of rotatable bonds is 10. The standard InChI is InChI=1S/C24H27ClN4O2/c1-28(18-19-6-3-2-4-7-19)16-5-15-26-23(30)14-17-29-24(31)13-12-22(27-29)20-8-10-21(25)11-9-20/h2-4,6-13H,5,14-18H2,1H3,(H,26,30). The molecule has 6 nitrogen and oxygen atoms in total. The number of benzene rings is 2. The third-order valence-electron chi connectivity index (χ3n) is 4.89. The summed E-state index contributed by atoms with van der Waals surface area (Å²) in [5, 5.41) is 7.94. The molecule has 1 heterocycles. The highest BCUT2D eigenvalue weighted by molar-refractivity contribution is 6.30. The van der Waals surface area contributed by atoms with Crippen LogP contribution >= 0.6 is 11.6 Å². The van der Waals surface area contributed by atoms with E-state index in [2.05, 4.69) is 34.5 Å². The summed E-state index contributed by atoms with van der Waals surface area (Å²) in [5.41, 5.74) is 2.57. The number of amides is 1. The third kappa shape index (κ3) is 7.35. The first-order valence-corrected chi connectivity index (χ1v) is 10.7. The average molecular weight is 439 g/mol. The van der Waals surface area contributed by atoms with Crippen LogP contribution in [0.15, 0.2) is 71.5 Å². The summed E-state index contributed by atoms with van der Waals surface area (Å²) < 4.78 is 1.33. The maximum absolute atomic E-state index is 12.2. The number of aryl methyl sites for hydroxylation is 1. The van der Waals surface area contributed by atoms with Gasteiger partial charge in [-0.1, -0.05) is 54.1 Å². The lowest BCUT2D eigenvalue weighted by atomic mass is 10.1. The lowest BCUT2D eigenvalue weighted by Crippen LogP contribution is -2.30. The number of hydrogen-bond donors (Lipinski definition) is 1. The van der Waals surface area contributed by atoms with E-state index in [1.54, 1.807) is 18.2 Å². The number of aromatic nitrogens is 2. The van der Waals surface area contributed by atoms with Gasteiger partial charge in [0.1, 0.15) is 0 Å². The van der Waals surface area contributed by atoms with Gasteiger partial charge in [-0.05, 0) is 43.8 Å². The Morgan fingerprint density at radius 1 is 1.06 bits per heavy atom. The molecule has 2 aromatic carbocycles. The Hall–Kier alpha value is -2.96. The molecule has 0 aliphatic carbocycles. The number of carbonyl (C=O) groups excluding carboxylic acids is 1. The van der Waals surface area contributed by atoms with Crippen LogP contribution in [0.3, 0.4) is 0 Å². The van der Waals surface area contributed by atoms with E-state index in [4.69, 9.17) is 11.6 Å². The van der Waals surface area contributed by atoms with E-state index in [1.165, 1.54) is 16.3 Å². The first kappa shape index (κ1) is 22.7. The van der Waals surface area contributed by atoms with Gasteiger partial charge in [0.15, 0.2) is 0 Å². The second kappa shape index (κ2) is 11.4. The van der Waals surface area contributed by atoms with Crippen molar-refractivity contribution < 1.29 is 4.79 Å². The Morgan fingerprint density at radius 2 is 1.81 bits per heavy atom. The van der Waals surface area contributed by atoms with E-state index < -0.39 is 0 Å². The van der Waals surface area contributed by atoms with Crippen LogP contribution < -0.4 is 10.9 Å². The van der Waals surface area contributed by atoms with Crippen LogP contribution in [-0.4, -0.2) is 40.7 Å². The molecule has 0 bridgehead atoms. The highest BCUT2D eigenvalue weighted by Crippen LogP contribution is 2.18. The minimum atomic E-state index is -0.229. The van der Waals surface area contributed by atoms with E-state index in [0.29, 0.717) is 17.3 Å². The van der Waals surface area contributed by atoms with Crippen molar-refractivity contribution in [1.29, 1.82) is 0 Å². The van der Waals surface area contributed by atoms with Crippen LogP contribution in [-0.2, 0) is 17.9 Å². The van der Waals surface area contributed by atoms with Crippen LogP contribution in [0.4, 0.5) is 0 Å². The fraction of sp³-hybridized carbons (Fsp3) is 0.292. The normalized spacial score (nSPS) is 10.9. The minimum Gasteiger partial charge on any atom is -0.356 e. The summed E-state index contributed by atoms with van der Waals surface area (Å²) in [4.78, 5) is 26.5. The molecule has 31 heavy (non-hydrogen) atoms. The summed E-state index contributed by atoms with van der Waals surface area (Å²) in [5.74, 6) is -0.0868. The summed E-state index contributed by atoms with van der Waals surface area (Å²) in [6, 6.07) is 20.7. The van der Waals surface area contributed by atoms with E-state index in [-0.39, 0.29) is 24.4 Å². The van der Waals surface area contributed by atoms with Crippen molar-refractivity contribution >= 4 is 17.5 Å². The lowest BCUT2D eigenvalue weighted by Gasteiger charge is -2.16. The first-order chi connectivity index (χ1) is 15.0. The summed E-state index contributed by atoms with van der Waals surface area (Å²) >= 11 is 5.92. The van der Waals surface area contributed by atoms with E-state index in [9.17, 15) is 9.59 Å². The molecule has 0 spiro atoms. The number of halogens is 1. The molecule has 7 heteroatoms. The largest absolute Gasteiger partial charge is 0.356 e. The zero-order valence-electron chi connectivity index (χ0n) is 17.6. The molecule has 0 aliphatic rings. The topological polar surface area (TPSA) is 67.2 Å². The molecule has 3 rings (SSSR count). The maximum Gasteiger partial charge on any atom is 0.266 e. The summed E-state index contributed by atoms with van der Waals surface area (Å²) in [6.45, 7) is 2.61. The van der Waals surface area contributed by atoms with Gasteiger partial charge < -0.3 is 10.2 Å². The van der Waals surface area contributed by atoms with Gasteiger partial charge in [-0.15, -0.1) is 0 Å². The fourth-order valence-electron chi connectivity index (χ4n) is 3.23. The van der Waals surface area contributed by atoms with Gasteiger partial charge in [-0.3, -0.25) is 9.59 Å². The molecule has 1 amide bonds. The molecule has 1 N–H and O–H groups in total. The van der Waals surface area contributed by atoms with Crippen LogP contribution in [0.2, 0.25) is 5.02 Å². The van der Waals surface area contributed by atoms with Crippen molar-refractivity contribution in [2.75, 3.05) is 20.1 Å².